The maximum absolute atomic E-state index is 13.0. The molecule has 2 rings (SSSR count). The van der Waals surface area contributed by atoms with Crippen molar-refractivity contribution in [1.82, 2.24) is 10.2 Å². The number of nitrogens with one attached hydrogen (secondary N) is 1. The van der Waals surface area contributed by atoms with Crippen LogP contribution in [0.5, 0.6) is 0 Å². The molecule has 156 valence electrons. The van der Waals surface area contributed by atoms with Gasteiger partial charge in [0.1, 0.15) is 12.6 Å². The fourth-order valence-electron chi connectivity index (χ4n) is 2.66. The van der Waals surface area contributed by atoms with Crippen molar-refractivity contribution < 1.29 is 29.0 Å². The number of ether oxygens (including phenoxy) is 1. The number of carbonyl (C=O) groups is 3. The van der Waals surface area contributed by atoms with Crippen molar-refractivity contribution in [3.05, 3.63) is 77.3 Å². The molecule has 0 aliphatic rings. The molecule has 0 radical (unpaired) electrons. The number of nitrogens with zero attached hydrogens (tertiary/aromatic N) is 3. The molecule has 0 aromatic heterocycles. The molecule has 0 aliphatic carbocycles. The summed E-state index contributed by atoms with van der Waals surface area (Å²) in [6.45, 7) is 1.27. The van der Waals surface area contributed by atoms with Crippen LogP contribution >= 0.6 is 0 Å². The number of benzene rings is 2. The molecule has 0 unspecified atom stereocenters. The molecule has 0 bridgehead atoms. The zero-order chi connectivity index (χ0) is 21.9. The minimum atomic E-state index is -1.31. The number of hydrogen-bond donors (Lipinski definition) is 2. The van der Waals surface area contributed by atoms with Crippen LogP contribution in [0, 0.1) is 0 Å². The lowest BCUT2D eigenvalue weighted by molar-refractivity contribution is -0.148. The second kappa shape index (κ2) is 11.1. The molecule has 30 heavy (non-hydrogen) atoms. The summed E-state index contributed by atoms with van der Waals surface area (Å²) in [5.41, 5.74) is 10.4. The van der Waals surface area contributed by atoms with Gasteiger partial charge in [0.25, 0.3) is 0 Å². The SMILES string of the molecule is C[C@@H](C(=O)O)N(C=[N+]=[N-])C(=O)[C@H](Cc1ccccc1)NC(=O)OCc1ccccc1. The lowest BCUT2D eigenvalue weighted by Crippen LogP contribution is -2.53. The van der Waals surface area contributed by atoms with Gasteiger partial charge in [-0.1, -0.05) is 60.7 Å². The number of carbonyl (C=O) groups excluding carboxylic acids is 2. The number of alkyl carbamates (subject to hydrolysis) is 1. The maximum atomic E-state index is 13.0. The monoisotopic (exact) mass is 410 g/mol. The van der Waals surface area contributed by atoms with E-state index in [9.17, 15) is 19.5 Å². The first-order valence-corrected chi connectivity index (χ1v) is 9.16. The third kappa shape index (κ3) is 6.57. The van der Waals surface area contributed by atoms with Crippen molar-refractivity contribution in [2.45, 2.75) is 32.0 Å². The highest BCUT2D eigenvalue weighted by Gasteiger charge is 2.37. The second-order valence-electron chi connectivity index (χ2n) is 6.44. The molecule has 0 fully saturated rings. The predicted octanol–water partition coefficient (Wildman–Crippen LogP) is 2.08. The fraction of sp³-hybridized carbons (Fsp3) is 0.238. The van der Waals surface area contributed by atoms with Gasteiger partial charge in [-0.2, -0.15) is 4.90 Å². The van der Waals surface area contributed by atoms with E-state index in [1.807, 2.05) is 6.07 Å². The van der Waals surface area contributed by atoms with E-state index < -0.39 is 30.1 Å². The Morgan fingerprint density at radius 1 is 1.10 bits per heavy atom. The highest BCUT2D eigenvalue weighted by molar-refractivity contribution is 5.96. The van der Waals surface area contributed by atoms with Crippen molar-refractivity contribution in [2.75, 3.05) is 0 Å². The standard InChI is InChI=1S/C21H22N4O5/c1-15(20(27)28)25(14-23-22)19(26)18(12-16-8-4-2-5-9-16)24-21(29)30-13-17-10-6-3-7-11-17/h2-11,14-15,18H,12-13H2,1H3,(H,24,29)(H,27,28)/t15-,18-/m0/s1. The number of amides is 2. The highest BCUT2D eigenvalue weighted by atomic mass is 16.5. The van der Waals surface area contributed by atoms with Gasteiger partial charge in [0.2, 0.25) is 0 Å². The molecule has 9 nitrogen and oxygen atoms in total. The molecule has 2 atom stereocenters. The number of carboxylic acid groups (broad SMARTS) is 1. The molecule has 0 spiro atoms. The minimum absolute atomic E-state index is 0.00621. The maximum Gasteiger partial charge on any atom is 0.408 e. The van der Waals surface area contributed by atoms with Gasteiger partial charge in [-0.05, 0) is 18.1 Å². The molecule has 2 aromatic carbocycles. The van der Waals surface area contributed by atoms with Gasteiger partial charge < -0.3 is 25.5 Å². The molecule has 9 heteroatoms. The van der Waals surface area contributed by atoms with Crippen LogP contribution in [0.2, 0.25) is 0 Å². The molecular formula is C21H22N4O5. The van der Waals surface area contributed by atoms with Gasteiger partial charge in [-0.15, -0.1) is 0 Å². The second-order valence-corrected chi connectivity index (χ2v) is 6.44. The van der Waals surface area contributed by atoms with Crippen LogP contribution in [-0.2, 0) is 27.4 Å². The van der Waals surface area contributed by atoms with Crippen molar-refractivity contribution in [1.29, 1.82) is 0 Å². The Labute approximate surface area is 173 Å². The van der Waals surface area contributed by atoms with E-state index in [-0.39, 0.29) is 13.0 Å². The fourth-order valence-corrected chi connectivity index (χ4v) is 2.66. The minimum Gasteiger partial charge on any atom is -0.498 e. The van der Waals surface area contributed by atoms with Crippen LogP contribution in [0.25, 0.3) is 5.53 Å². The normalized spacial score (nSPS) is 12.0. The summed E-state index contributed by atoms with van der Waals surface area (Å²) in [5, 5.41) is 11.7. The zero-order valence-electron chi connectivity index (χ0n) is 16.3. The van der Waals surface area contributed by atoms with E-state index >= 15 is 0 Å². The Bertz CT molecular complexity index is 914. The topological polar surface area (TPSA) is 132 Å². The third-order valence-electron chi connectivity index (χ3n) is 4.29. The summed E-state index contributed by atoms with van der Waals surface area (Å²) in [6.07, 6.45) is -0.0461. The van der Waals surface area contributed by atoms with E-state index in [0.29, 0.717) is 6.34 Å². The lowest BCUT2D eigenvalue weighted by atomic mass is 10.0. The van der Waals surface area contributed by atoms with Crippen LogP contribution in [-0.4, -0.2) is 51.2 Å². The molecule has 0 saturated heterocycles. The molecule has 2 aromatic rings. The number of rotatable bonds is 9. The summed E-state index contributed by atoms with van der Waals surface area (Å²) in [7, 11) is 0. The van der Waals surface area contributed by atoms with Gasteiger partial charge in [-0.3, -0.25) is 0 Å². The lowest BCUT2D eigenvalue weighted by Gasteiger charge is -2.21. The first kappa shape index (κ1) is 22.3. The number of aliphatic carboxylic acids is 1. The predicted molar refractivity (Wildman–Crippen MR) is 107 cm³/mol. The molecule has 0 aliphatic heterocycles. The van der Waals surface area contributed by atoms with E-state index in [1.165, 1.54) is 6.92 Å². The van der Waals surface area contributed by atoms with Crippen molar-refractivity contribution in [3.63, 3.8) is 0 Å². The van der Waals surface area contributed by atoms with Crippen LogP contribution in [0.1, 0.15) is 18.1 Å². The Kier molecular flexibility index (Phi) is 8.28. The van der Waals surface area contributed by atoms with Crippen molar-refractivity contribution in [2.24, 2.45) is 0 Å². The molecular weight excluding hydrogens is 388 g/mol. The van der Waals surface area contributed by atoms with Gasteiger partial charge in [-0.25, -0.2) is 14.4 Å². The van der Waals surface area contributed by atoms with Crippen LogP contribution in [0.3, 0.4) is 0 Å². The van der Waals surface area contributed by atoms with Gasteiger partial charge in [0.05, 0.1) is 0 Å². The molecule has 2 amide bonds. The summed E-state index contributed by atoms with van der Waals surface area (Å²) < 4.78 is 5.17. The van der Waals surface area contributed by atoms with Crippen LogP contribution in [0.15, 0.2) is 60.7 Å². The van der Waals surface area contributed by atoms with E-state index in [1.54, 1.807) is 54.6 Å². The average Bonchev–Trinajstić information content (AvgIpc) is 2.76. The average molecular weight is 410 g/mol. The molecule has 0 saturated carbocycles. The third-order valence-corrected chi connectivity index (χ3v) is 4.29. The Balaban J connectivity index is 2.18. The first-order valence-electron chi connectivity index (χ1n) is 9.16. The van der Waals surface area contributed by atoms with Gasteiger partial charge >= 0.3 is 24.3 Å². The zero-order valence-corrected chi connectivity index (χ0v) is 16.3. The highest BCUT2D eigenvalue weighted by Crippen LogP contribution is 2.09. The summed E-state index contributed by atoms with van der Waals surface area (Å²) >= 11 is 0. The van der Waals surface area contributed by atoms with Crippen molar-refractivity contribution in [3.8, 4) is 0 Å². The smallest absolute Gasteiger partial charge is 0.408 e. The van der Waals surface area contributed by atoms with Crippen molar-refractivity contribution >= 4 is 24.3 Å². The molecule has 0 heterocycles. The van der Waals surface area contributed by atoms with Gasteiger partial charge in [0, 0.05) is 6.42 Å². The number of hydrogen-bond acceptors (Lipinski definition) is 4. The van der Waals surface area contributed by atoms with E-state index in [0.717, 1.165) is 16.0 Å². The van der Waals surface area contributed by atoms with E-state index in [2.05, 4.69) is 10.1 Å². The number of carboxylic acids is 1. The van der Waals surface area contributed by atoms with Crippen LogP contribution < -0.4 is 5.32 Å². The Hall–Kier alpha value is -3.97. The van der Waals surface area contributed by atoms with Gasteiger partial charge in [0.15, 0.2) is 6.04 Å². The summed E-state index contributed by atoms with van der Waals surface area (Å²) in [5.74, 6) is -2.06. The Morgan fingerprint density at radius 2 is 1.67 bits per heavy atom. The molecule has 2 N–H and O–H groups in total. The summed E-state index contributed by atoms with van der Waals surface area (Å²) in [6, 6.07) is 15.4. The Morgan fingerprint density at radius 3 is 2.20 bits per heavy atom. The largest absolute Gasteiger partial charge is 0.498 e. The first-order chi connectivity index (χ1) is 14.4. The van der Waals surface area contributed by atoms with E-state index in [4.69, 9.17) is 10.3 Å². The quantitative estimate of drug-likeness (QED) is 0.283. The van der Waals surface area contributed by atoms with Crippen LogP contribution in [0.4, 0.5) is 4.79 Å². The summed E-state index contributed by atoms with van der Waals surface area (Å²) in [4.78, 5) is 40.1.